The fraction of sp³-hybridized carbons (Fsp3) is 0.0141. The molecule has 0 radical (unpaired) electrons. The number of benzene rings is 12. The van der Waals surface area contributed by atoms with E-state index in [0.717, 1.165) is 28.2 Å². The van der Waals surface area contributed by atoms with Crippen molar-refractivity contribution in [2.24, 2.45) is 0 Å². The lowest BCUT2D eigenvalue weighted by molar-refractivity contribution is 0.793. The van der Waals surface area contributed by atoms with Crippen molar-refractivity contribution in [2.75, 3.05) is 4.90 Å². The number of hydrogen-bond acceptors (Lipinski definition) is 1. The highest BCUT2D eigenvalue weighted by Crippen LogP contribution is 2.63. The number of rotatable bonds is 8. The van der Waals surface area contributed by atoms with Gasteiger partial charge in [-0.2, -0.15) is 0 Å². The Kier molecular flexibility index (Phi) is 9.82. The third-order valence-electron chi connectivity index (χ3n) is 15.3. The fourth-order valence-electron chi connectivity index (χ4n) is 12.3. The second kappa shape index (κ2) is 17.0. The molecule has 1 spiro atoms. The van der Waals surface area contributed by atoms with E-state index in [2.05, 4.69) is 290 Å². The minimum atomic E-state index is -0.489. The van der Waals surface area contributed by atoms with E-state index in [1.807, 2.05) is 0 Å². The third-order valence-corrected chi connectivity index (χ3v) is 15.3. The molecular weight excluding hydrogens is 867 g/mol. The summed E-state index contributed by atoms with van der Waals surface area (Å²) >= 11 is 0. The molecule has 14 rings (SSSR count). The molecule has 0 fully saturated rings. The summed E-state index contributed by atoms with van der Waals surface area (Å²) in [7, 11) is 0. The highest BCUT2D eigenvalue weighted by Gasteiger charge is 2.51. The van der Waals surface area contributed by atoms with Crippen molar-refractivity contribution in [2.45, 2.75) is 5.41 Å². The minimum Gasteiger partial charge on any atom is -0.310 e. The Bertz CT molecular complexity index is 3970. The molecule has 0 bridgehead atoms. The van der Waals surface area contributed by atoms with Crippen molar-refractivity contribution in [1.82, 2.24) is 0 Å². The van der Waals surface area contributed by atoms with E-state index in [1.165, 1.54) is 99.8 Å². The van der Waals surface area contributed by atoms with Crippen LogP contribution in [0.1, 0.15) is 22.3 Å². The van der Waals surface area contributed by atoms with Gasteiger partial charge in [0.15, 0.2) is 0 Å². The van der Waals surface area contributed by atoms with Crippen molar-refractivity contribution in [3.8, 4) is 77.9 Å². The zero-order valence-corrected chi connectivity index (χ0v) is 39.6. The molecule has 72 heavy (non-hydrogen) atoms. The summed E-state index contributed by atoms with van der Waals surface area (Å²) in [5.41, 5.74) is 25.1. The first kappa shape index (κ1) is 41.7. The van der Waals surface area contributed by atoms with E-state index in [9.17, 15) is 0 Å². The molecule has 0 saturated heterocycles. The topological polar surface area (TPSA) is 3.24 Å². The molecule has 12 aromatic carbocycles. The van der Waals surface area contributed by atoms with Crippen LogP contribution in [0.5, 0.6) is 0 Å². The highest BCUT2D eigenvalue weighted by atomic mass is 15.1. The highest BCUT2D eigenvalue weighted by molar-refractivity contribution is 6.04. The lowest BCUT2D eigenvalue weighted by Gasteiger charge is -2.33. The molecule has 0 atom stereocenters. The second-order valence-electron chi connectivity index (χ2n) is 19.0. The normalized spacial score (nSPS) is 12.6. The van der Waals surface area contributed by atoms with Crippen molar-refractivity contribution < 1.29 is 0 Å². The van der Waals surface area contributed by atoms with E-state index in [-0.39, 0.29) is 0 Å². The van der Waals surface area contributed by atoms with Crippen LogP contribution < -0.4 is 4.90 Å². The van der Waals surface area contributed by atoms with Crippen molar-refractivity contribution >= 4 is 27.8 Å². The van der Waals surface area contributed by atoms with Crippen LogP contribution in [0.4, 0.5) is 17.1 Å². The number of fused-ring (bicyclic) bond motifs is 11. The molecular formula is C71H47N. The molecule has 0 aromatic heterocycles. The first-order valence-corrected chi connectivity index (χ1v) is 25.0. The summed E-state index contributed by atoms with van der Waals surface area (Å²) in [4.78, 5) is 2.51. The van der Waals surface area contributed by atoms with Gasteiger partial charge in [-0.05, 0) is 136 Å². The van der Waals surface area contributed by atoms with Crippen molar-refractivity contribution in [3.63, 3.8) is 0 Å². The maximum absolute atomic E-state index is 2.51. The zero-order chi connectivity index (χ0) is 47.6. The lowest BCUT2D eigenvalue weighted by Crippen LogP contribution is -2.26. The summed E-state index contributed by atoms with van der Waals surface area (Å²) < 4.78 is 0. The maximum Gasteiger partial charge on any atom is 0.0726 e. The van der Waals surface area contributed by atoms with Gasteiger partial charge in [-0.3, -0.25) is 0 Å². The van der Waals surface area contributed by atoms with Gasteiger partial charge in [0, 0.05) is 16.9 Å². The van der Waals surface area contributed by atoms with Gasteiger partial charge in [-0.15, -0.1) is 0 Å². The Balaban J connectivity index is 1.03. The molecule has 0 N–H and O–H groups in total. The molecule has 1 heteroatoms. The van der Waals surface area contributed by atoms with Crippen LogP contribution in [-0.4, -0.2) is 0 Å². The smallest absolute Gasteiger partial charge is 0.0726 e. The van der Waals surface area contributed by atoms with Crippen LogP contribution in [0.15, 0.2) is 285 Å². The summed E-state index contributed by atoms with van der Waals surface area (Å²) in [5.74, 6) is 0. The van der Waals surface area contributed by atoms with Crippen LogP contribution in [-0.2, 0) is 5.41 Å². The maximum atomic E-state index is 2.51. The summed E-state index contributed by atoms with van der Waals surface area (Å²) in [5, 5.41) is 2.48. The van der Waals surface area contributed by atoms with E-state index >= 15 is 0 Å². The van der Waals surface area contributed by atoms with E-state index < -0.39 is 5.41 Å². The van der Waals surface area contributed by atoms with Gasteiger partial charge in [0.05, 0.1) is 11.1 Å². The molecule has 2 aliphatic rings. The van der Waals surface area contributed by atoms with Gasteiger partial charge in [-0.25, -0.2) is 0 Å². The quantitative estimate of drug-likeness (QED) is 0.147. The molecule has 2 aliphatic carbocycles. The predicted octanol–water partition coefficient (Wildman–Crippen LogP) is 19.0. The van der Waals surface area contributed by atoms with Gasteiger partial charge < -0.3 is 4.90 Å². The molecule has 12 aromatic rings. The molecule has 0 amide bonds. The van der Waals surface area contributed by atoms with Gasteiger partial charge in [0.25, 0.3) is 0 Å². The molecule has 0 saturated carbocycles. The monoisotopic (exact) mass is 913 g/mol. The van der Waals surface area contributed by atoms with Crippen LogP contribution in [0.2, 0.25) is 0 Å². The Hall–Kier alpha value is -9.30. The van der Waals surface area contributed by atoms with E-state index in [1.54, 1.807) is 0 Å². The Morgan fingerprint density at radius 3 is 1.33 bits per heavy atom. The Labute approximate surface area is 421 Å². The average molecular weight is 914 g/mol. The zero-order valence-electron chi connectivity index (χ0n) is 39.6. The predicted molar refractivity (Wildman–Crippen MR) is 302 cm³/mol. The number of nitrogens with zero attached hydrogens (tertiary/aromatic N) is 1. The first-order valence-electron chi connectivity index (χ1n) is 25.0. The van der Waals surface area contributed by atoms with Gasteiger partial charge >= 0.3 is 0 Å². The van der Waals surface area contributed by atoms with Crippen LogP contribution in [0.25, 0.3) is 88.7 Å². The molecule has 0 unspecified atom stereocenters. The Morgan fingerprint density at radius 1 is 0.236 bits per heavy atom. The van der Waals surface area contributed by atoms with Crippen molar-refractivity contribution in [3.05, 3.63) is 307 Å². The number of anilines is 3. The lowest BCUT2D eigenvalue weighted by atomic mass is 9.70. The van der Waals surface area contributed by atoms with Crippen LogP contribution >= 0.6 is 0 Å². The molecule has 336 valence electrons. The summed E-state index contributed by atoms with van der Waals surface area (Å²) in [6.45, 7) is 0. The average Bonchev–Trinajstić information content (AvgIpc) is 3.93. The van der Waals surface area contributed by atoms with E-state index in [4.69, 9.17) is 0 Å². The second-order valence-corrected chi connectivity index (χ2v) is 19.0. The number of hydrogen-bond donors (Lipinski definition) is 0. The SMILES string of the molecule is c1ccc(-c2ccccc2-c2c(-c3ccccc3)cccc2-c2ccccc2N(c2ccc(-c3cccc4ccccc34)cc2)c2ccc3c(c2)C2(c4ccccc4-c4ccccc42)c2ccccc2-3)cc1. The molecule has 0 heterocycles. The summed E-state index contributed by atoms with van der Waals surface area (Å²) in [6.07, 6.45) is 0. The standard InChI is InChI=1S/C71H47N/c1-3-21-48(22-4-1)56-28-9-10-33-63(56)70-57(50-23-5-2-6-24-50)35-20-36-64(70)62-32-14-18-40-69(62)72(52-43-41-51(42-44-52)55-34-19-26-49-25-7-8-27-54(49)55)53-45-46-61-60-31-13-17-39-67(60)71(68(61)47-53)65-37-15-11-29-58(65)59-30-12-16-38-66(59)71/h1-47H. The van der Waals surface area contributed by atoms with Crippen LogP contribution in [0.3, 0.4) is 0 Å². The third kappa shape index (κ3) is 6.41. The van der Waals surface area contributed by atoms with Crippen molar-refractivity contribution in [1.29, 1.82) is 0 Å². The summed E-state index contributed by atoms with van der Waals surface area (Å²) in [6, 6.07) is 106. The molecule has 0 aliphatic heterocycles. The van der Waals surface area contributed by atoms with Crippen LogP contribution in [0, 0.1) is 0 Å². The minimum absolute atomic E-state index is 0.489. The molecule has 1 nitrogen and oxygen atoms in total. The fourth-order valence-corrected chi connectivity index (χ4v) is 12.3. The number of para-hydroxylation sites is 1. The first-order chi connectivity index (χ1) is 35.8. The largest absolute Gasteiger partial charge is 0.310 e. The van der Waals surface area contributed by atoms with Gasteiger partial charge in [-0.1, -0.05) is 255 Å². The Morgan fingerprint density at radius 2 is 0.667 bits per heavy atom. The van der Waals surface area contributed by atoms with Gasteiger partial charge in [0.2, 0.25) is 0 Å². The van der Waals surface area contributed by atoms with Gasteiger partial charge in [0.1, 0.15) is 0 Å². The van der Waals surface area contributed by atoms with E-state index in [0.29, 0.717) is 0 Å².